The van der Waals surface area contributed by atoms with Crippen molar-refractivity contribution in [3.8, 4) is 0 Å². The Hall–Kier alpha value is -1.44. The van der Waals surface area contributed by atoms with Gasteiger partial charge >= 0.3 is 0 Å². The molecule has 7 nitrogen and oxygen atoms in total. The SMILES string of the molecule is CCn1cc(CN2CCOC[C@](O)(CC(N)=O)C2)cn1. The van der Waals surface area contributed by atoms with Crippen LogP contribution in [-0.4, -0.2) is 57.6 Å². The number of aliphatic hydroxyl groups is 1. The van der Waals surface area contributed by atoms with Crippen LogP contribution in [0, 0.1) is 0 Å². The fourth-order valence-corrected chi connectivity index (χ4v) is 2.48. The first kappa shape index (κ1) is 15.0. The van der Waals surface area contributed by atoms with E-state index in [0.717, 1.165) is 12.1 Å². The minimum absolute atomic E-state index is 0.0856. The van der Waals surface area contributed by atoms with Crippen LogP contribution >= 0.6 is 0 Å². The highest BCUT2D eigenvalue weighted by Gasteiger charge is 2.34. The van der Waals surface area contributed by atoms with Gasteiger partial charge < -0.3 is 15.6 Å². The van der Waals surface area contributed by atoms with Gasteiger partial charge in [-0.3, -0.25) is 14.4 Å². The Balaban J connectivity index is 2.01. The molecule has 3 N–H and O–H groups in total. The fourth-order valence-electron chi connectivity index (χ4n) is 2.48. The number of hydrogen-bond donors (Lipinski definition) is 2. The third kappa shape index (κ3) is 4.03. The molecule has 2 heterocycles. The molecule has 7 heteroatoms. The van der Waals surface area contributed by atoms with Crippen LogP contribution in [0.5, 0.6) is 0 Å². The maximum Gasteiger partial charge on any atom is 0.220 e. The summed E-state index contributed by atoms with van der Waals surface area (Å²) in [5.41, 5.74) is 5.07. The van der Waals surface area contributed by atoms with Crippen molar-refractivity contribution in [1.29, 1.82) is 0 Å². The molecular formula is C13H22N4O3. The summed E-state index contributed by atoms with van der Waals surface area (Å²) in [5.74, 6) is -0.517. The van der Waals surface area contributed by atoms with Gasteiger partial charge in [0.05, 0.1) is 25.8 Å². The normalized spacial score (nSPS) is 24.5. The van der Waals surface area contributed by atoms with E-state index >= 15 is 0 Å². The average molecular weight is 282 g/mol. The highest BCUT2D eigenvalue weighted by molar-refractivity contribution is 5.75. The maximum atomic E-state index is 11.1. The molecule has 0 unspecified atom stereocenters. The predicted octanol–water partition coefficient (Wildman–Crippen LogP) is -0.658. The van der Waals surface area contributed by atoms with Crippen molar-refractivity contribution < 1.29 is 14.6 Å². The summed E-state index contributed by atoms with van der Waals surface area (Å²) >= 11 is 0. The summed E-state index contributed by atoms with van der Waals surface area (Å²) < 4.78 is 7.25. The first-order valence-electron chi connectivity index (χ1n) is 6.83. The molecule has 1 aromatic rings. The van der Waals surface area contributed by atoms with E-state index in [0.29, 0.717) is 26.2 Å². The van der Waals surface area contributed by atoms with E-state index in [-0.39, 0.29) is 13.0 Å². The molecule has 112 valence electrons. The first-order valence-corrected chi connectivity index (χ1v) is 6.83. The lowest BCUT2D eigenvalue weighted by Gasteiger charge is -2.29. The van der Waals surface area contributed by atoms with Crippen LogP contribution in [-0.2, 0) is 22.6 Å². The number of primary amides is 1. The van der Waals surface area contributed by atoms with Crippen LogP contribution in [0.25, 0.3) is 0 Å². The van der Waals surface area contributed by atoms with E-state index in [1.54, 1.807) is 0 Å². The number of β-amino-alcohol motifs (C(OH)–C–C–N with tert-alkyl or cyclic N) is 1. The molecule has 1 aromatic heterocycles. The molecule has 1 aliphatic heterocycles. The Morgan fingerprint density at radius 3 is 3.10 bits per heavy atom. The van der Waals surface area contributed by atoms with E-state index in [1.807, 2.05) is 24.0 Å². The number of aryl methyl sites for hydroxylation is 1. The lowest BCUT2D eigenvalue weighted by atomic mass is 10.00. The van der Waals surface area contributed by atoms with Gasteiger partial charge in [-0.25, -0.2) is 0 Å². The zero-order valence-electron chi connectivity index (χ0n) is 11.8. The number of aromatic nitrogens is 2. The molecule has 0 spiro atoms. The second-order valence-corrected chi connectivity index (χ2v) is 5.33. The van der Waals surface area contributed by atoms with Crippen molar-refractivity contribution >= 4 is 5.91 Å². The Morgan fingerprint density at radius 1 is 1.65 bits per heavy atom. The number of nitrogens with zero attached hydrogens (tertiary/aromatic N) is 3. The number of ether oxygens (including phenoxy) is 1. The molecule has 1 atom stereocenters. The lowest BCUT2D eigenvalue weighted by Crippen LogP contribution is -2.46. The second kappa shape index (κ2) is 6.34. The van der Waals surface area contributed by atoms with Crippen LogP contribution in [0.4, 0.5) is 0 Å². The van der Waals surface area contributed by atoms with Gasteiger partial charge in [-0.05, 0) is 6.92 Å². The molecule has 2 rings (SSSR count). The summed E-state index contributed by atoms with van der Waals surface area (Å²) in [6.45, 7) is 5.27. The minimum Gasteiger partial charge on any atom is -0.386 e. The molecule has 20 heavy (non-hydrogen) atoms. The number of hydrogen-bond acceptors (Lipinski definition) is 5. The van der Waals surface area contributed by atoms with Crippen LogP contribution in [0.3, 0.4) is 0 Å². The summed E-state index contributed by atoms with van der Waals surface area (Å²) in [5, 5.41) is 14.7. The molecule has 1 amide bonds. The number of nitrogens with two attached hydrogens (primary N) is 1. The zero-order chi connectivity index (χ0) is 14.6. The van der Waals surface area contributed by atoms with E-state index < -0.39 is 11.5 Å². The third-order valence-electron chi connectivity index (χ3n) is 3.36. The quantitative estimate of drug-likeness (QED) is 0.748. The van der Waals surface area contributed by atoms with Crippen molar-refractivity contribution in [2.45, 2.75) is 32.0 Å². The van der Waals surface area contributed by atoms with Gasteiger partial charge in [0, 0.05) is 37.9 Å². The summed E-state index contributed by atoms with van der Waals surface area (Å²) in [6.07, 6.45) is 3.72. The second-order valence-electron chi connectivity index (χ2n) is 5.33. The minimum atomic E-state index is -1.21. The van der Waals surface area contributed by atoms with E-state index in [9.17, 15) is 9.90 Å². The Morgan fingerprint density at radius 2 is 2.45 bits per heavy atom. The van der Waals surface area contributed by atoms with Crippen molar-refractivity contribution in [1.82, 2.24) is 14.7 Å². The number of amides is 1. The first-order chi connectivity index (χ1) is 9.50. The summed E-state index contributed by atoms with van der Waals surface area (Å²) in [7, 11) is 0. The van der Waals surface area contributed by atoms with Crippen molar-refractivity contribution in [2.75, 3.05) is 26.3 Å². The predicted molar refractivity (Wildman–Crippen MR) is 72.8 cm³/mol. The number of rotatable bonds is 5. The Labute approximate surface area is 118 Å². The summed E-state index contributed by atoms with van der Waals surface area (Å²) in [4.78, 5) is 13.1. The van der Waals surface area contributed by atoms with Gasteiger partial charge in [0.15, 0.2) is 0 Å². The topological polar surface area (TPSA) is 93.6 Å². The van der Waals surface area contributed by atoms with Gasteiger partial charge in [0.2, 0.25) is 5.91 Å². The highest BCUT2D eigenvalue weighted by atomic mass is 16.5. The van der Waals surface area contributed by atoms with Gasteiger partial charge in [0.1, 0.15) is 5.60 Å². The molecule has 0 aromatic carbocycles. The van der Waals surface area contributed by atoms with Crippen LogP contribution in [0.2, 0.25) is 0 Å². The Kier molecular flexibility index (Phi) is 4.74. The fraction of sp³-hybridized carbons (Fsp3) is 0.692. The van der Waals surface area contributed by atoms with Crippen LogP contribution < -0.4 is 5.73 Å². The third-order valence-corrected chi connectivity index (χ3v) is 3.36. The summed E-state index contributed by atoms with van der Waals surface area (Å²) in [6, 6.07) is 0. The molecule has 1 fully saturated rings. The zero-order valence-corrected chi connectivity index (χ0v) is 11.8. The van der Waals surface area contributed by atoms with Crippen molar-refractivity contribution in [2.24, 2.45) is 5.73 Å². The molecule has 0 saturated carbocycles. The van der Waals surface area contributed by atoms with Gasteiger partial charge in [0.25, 0.3) is 0 Å². The van der Waals surface area contributed by atoms with Gasteiger partial charge in [-0.2, -0.15) is 5.10 Å². The monoisotopic (exact) mass is 282 g/mol. The number of carbonyl (C=O) groups excluding carboxylic acids is 1. The molecule has 0 radical (unpaired) electrons. The van der Waals surface area contributed by atoms with E-state index in [1.165, 1.54) is 0 Å². The molecule has 0 aliphatic carbocycles. The van der Waals surface area contributed by atoms with Crippen molar-refractivity contribution in [3.63, 3.8) is 0 Å². The standard InChI is InChI=1S/C13H22N4O3/c1-2-17-8-11(6-15-17)7-16-3-4-20-10-13(19,9-16)5-12(14)18/h6,8,19H,2-5,7,9-10H2,1H3,(H2,14,18)/t13-/m0/s1. The van der Waals surface area contributed by atoms with Gasteiger partial charge in [-0.15, -0.1) is 0 Å². The highest BCUT2D eigenvalue weighted by Crippen LogP contribution is 2.18. The van der Waals surface area contributed by atoms with Crippen molar-refractivity contribution in [3.05, 3.63) is 18.0 Å². The average Bonchev–Trinajstić information content (AvgIpc) is 2.73. The van der Waals surface area contributed by atoms with Crippen LogP contribution in [0.1, 0.15) is 18.9 Å². The molecule has 1 aliphatic rings. The lowest BCUT2D eigenvalue weighted by molar-refractivity contribution is -0.125. The number of carbonyl (C=O) groups is 1. The van der Waals surface area contributed by atoms with Gasteiger partial charge in [-0.1, -0.05) is 0 Å². The van der Waals surface area contributed by atoms with E-state index in [2.05, 4.69) is 10.00 Å². The largest absolute Gasteiger partial charge is 0.386 e. The molecular weight excluding hydrogens is 260 g/mol. The molecule has 0 bridgehead atoms. The van der Waals surface area contributed by atoms with E-state index in [4.69, 9.17) is 10.5 Å². The smallest absolute Gasteiger partial charge is 0.220 e. The Bertz CT molecular complexity index is 462. The maximum absolute atomic E-state index is 11.1. The molecule has 1 saturated heterocycles. The van der Waals surface area contributed by atoms with Crippen LogP contribution in [0.15, 0.2) is 12.4 Å².